The lowest BCUT2D eigenvalue weighted by atomic mass is 10.3. The van der Waals surface area contributed by atoms with E-state index >= 15 is 0 Å². The van der Waals surface area contributed by atoms with Gasteiger partial charge in [-0.1, -0.05) is 22.0 Å². The van der Waals surface area contributed by atoms with Gasteiger partial charge in [0.1, 0.15) is 5.75 Å². The van der Waals surface area contributed by atoms with Crippen molar-refractivity contribution in [1.29, 1.82) is 0 Å². The number of esters is 1. The van der Waals surface area contributed by atoms with Crippen molar-refractivity contribution in [2.24, 2.45) is 0 Å². The van der Waals surface area contributed by atoms with Gasteiger partial charge < -0.3 is 14.4 Å². The fourth-order valence-electron chi connectivity index (χ4n) is 1.62. The molecule has 0 heterocycles. The maximum atomic E-state index is 11.9. The topological polar surface area (TPSA) is 55.8 Å². The molecule has 0 aliphatic carbocycles. The third-order valence-corrected chi connectivity index (χ3v) is 3.26. The fraction of sp³-hybridized carbons (Fsp3) is 0.467. The van der Waals surface area contributed by atoms with Gasteiger partial charge in [0.05, 0.1) is 26.1 Å². The highest BCUT2D eigenvalue weighted by Crippen LogP contribution is 2.17. The minimum Gasteiger partial charge on any atom is -0.493 e. The molecule has 0 aliphatic rings. The number of amides is 1. The molecule has 0 spiro atoms. The van der Waals surface area contributed by atoms with Crippen LogP contribution in [0.2, 0.25) is 0 Å². The minimum absolute atomic E-state index is 0.0608. The molecule has 0 atom stereocenters. The van der Waals surface area contributed by atoms with Crippen LogP contribution in [0.25, 0.3) is 0 Å². The molecule has 116 valence electrons. The summed E-state index contributed by atoms with van der Waals surface area (Å²) in [6, 6.07) is 7.45. The second-order valence-electron chi connectivity index (χ2n) is 4.43. The van der Waals surface area contributed by atoms with Gasteiger partial charge in [-0.15, -0.1) is 0 Å². The predicted octanol–water partition coefficient (Wildman–Crippen LogP) is 2.63. The standard InChI is InChI=1S/C15H20BrNO4/c1-3-20-15(19)7-9-17(2)14(18)8-10-21-13-6-4-5-12(16)11-13/h4-6,11H,3,7-10H2,1-2H3. The van der Waals surface area contributed by atoms with Crippen molar-refractivity contribution >= 4 is 27.8 Å². The average Bonchev–Trinajstić information content (AvgIpc) is 2.45. The van der Waals surface area contributed by atoms with Gasteiger partial charge in [0.2, 0.25) is 5.91 Å². The molecule has 0 aliphatic heterocycles. The summed E-state index contributed by atoms with van der Waals surface area (Å²) in [5.41, 5.74) is 0. The summed E-state index contributed by atoms with van der Waals surface area (Å²) in [5, 5.41) is 0. The Labute approximate surface area is 133 Å². The van der Waals surface area contributed by atoms with E-state index < -0.39 is 0 Å². The van der Waals surface area contributed by atoms with Crippen molar-refractivity contribution in [3.05, 3.63) is 28.7 Å². The van der Waals surface area contributed by atoms with Crippen LogP contribution in [-0.4, -0.2) is 43.6 Å². The van der Waals surface area contributed by atoms with Crippen molar-refractivity contribution in [3.8, 4) is 5.75 Å². The van der Waals surface area contributed by atoms with Crippen LogP contribution in [0.5, 0.6) is 5.75 Å². The quantitative estimate of drug-likeness (QED) is 0.671. The van der Waals surface area contributed by atoms with Gasteiger partial charge in [0.15, 0.2) is 0 Å². The lowest BCUT2D eigenvalue weighted by Crippen LogP contribution is -2.30. The monoisotopic (exact) mass is 357 g/mol. The number of ether oxygens (including phenoxy) is 2. The zero-order valence-corrected chi connectivity index (χ0v) is 13.9. The highest BCUT2D eigenvalue weighted by molar-refractivity contribution is 9.10. The first-order chi connectivity index (χ1) is 10.0. The SMILES string of the molecule is CCOC(=O)CCN(C)C(=O)CCOc1cccc(Br)c1. The van der Waals surface area contributed by atoms with Gasteiger partial charge in [-0.25, -0.2) is 0 Å². The lowest BCUT2D eigenvalue weighted by Gasteiger charge is -2.16. The van der Waals surface area contributed by atoms with Crippen molar-refractivity contribution in [2.75, 3.05) is 26.8 Å². The highest BCUT2D eigenvalue weighted by atomic mass is 79.9. The molecule has 0 radical (unpaired) electrons. The van der Waals surface area contributed by atoms with E-state index in [4.69, 9.17) is 9.47 Å². The molecule has 21 heavy (non-hydrogen) atoms. The van der Waals surface area contributed by atoms with Crippen molar-refractivity contribution in [2.45, 2.75) is 19.8 Å². The molecule has 1 aromatic rings. The Morgan fingerprint density at radius 2 is 2.05 bits per heavy atom. The predicted molar refractivity (Wildman–Crippen MR) is 83.1 cm³/mol. The Balaban J connectivity index is 2.25. The Morgan fingerprint density at radius 1 is 1.29 bits per heavy atom. The maximum absolute atomic E-state index is 11.9. The second-order valence-corrected chi connectivity index (χ2v) is 5.34. The molecule has 0 saturated heterocycles. The molecule has 6 heteroatoms. The number of benzene rings is 1. The zero-order valence-electron chi connectivity index (χ0n) is 12.3. The molecule has 0 fully saturated rings. The van der Waals surface area contributed by atoms with Gasteiger partial charge >= 0.3 is 5.97 Å². The molecular formula is C15H20BrNO4. The second kappa shape index (κ2) is 9.39. The van der Waals surface area contributed by atoms with Crippen LogP contribution >= 0.6 is 15.9 Å². The summed E-state index contributed by atoms with van der Waals surface area (Å²) in [4.78, 5) is 24.6. The highest BCUT2D eigenvalue weighted by Gasteiger charge is 2.11. The van der Waals surface area contributed by atoms with Gasteiger partial charge in [-0.2, -0.15) is 0 Å². The third kappa shape index (κ3) is 7.13. The Kier molecular flexibility index (Phi) is 7.82. The number of nitrogens with zero attached hydrogens (tertiary/aromatic N) is 1. The Bertz CT molecular complexity index is 478. The van der Waals surface area contributed by atoms with Crippen LogP contribution in [0.1, 0.15) is 19.8 Å². The number of carbonyl (C=O) groups excluding carboxylic acids is 2. The summed E-state index contributed by atoms with van der Waals surface area (Å²) in [6.07, 6.45) is 0.481. The van der Waals surface area contributed by atoms with Crippen LogP contribution in [0, 0.1) is 0 Å². The van der Waals surface area contributed by atoms with E-state index in [2.05, 4.69) is 15.9 Å². The molecule has 1 amide bonds. The molecule has 0 unspecified atom stereocenters. The molecule has 0 aromatic heterocycles. The van der Waals surface area contributed by atoms with Crippen LogP contribution in [0.15, 0.2) is 28.7 Å². The van der Waals surface area contributed by atoms with Crippen molar-refractivity contribution in [3.63, 3.8) is 0 Å². The van der Waals surface area contributed by atoms with Gasteiger partial charge in [-0.05, 0) is 25.1 Å². The molecule has 1 aromatic carbocycles. The maximum Gasteiger partial charge on any atom is 0.307 e. The summed E-state index contributed by atoms with van der Waals surface area (Å²) < 4.78 is 11.2. The first-order valence-corrected chi connectivity index (χ1v) is 7.60. The lowest BCUT2D eigenvalue weighted by molar-refractivity contribution is -0.143. The van der Waals surface area contributed by atoms with E-state index in [1.165, 1.54) is 4.90 Å². The van der Waals surface area contributed by atoms with Crippen molar-refractivity contribution < 1.29 is 19.1 Å². The largest absolute Gasteiger partial charge is 0.493 e. The summed E-state index contributed by atoms with van der Waals surface area (Å²) in [5.74, 6) is 0.364. The molecule has 0 saturated carbocycles. The molecule has 5 nitrogen and oxygen atoms in total. The number of hydrogen-bond acceptors (Lipinski definition) is 4. The van der Waals surface area contributed by atoms with E-state index in [0.29, 0.717) is 25.5 Å². The van der Waals surface area contributed by atoms with Crippen LogP contribution < -0.4 is 4.74 Å². The van der Waals surface area contributed by atoms with E-state index in [9.17, 15) is 9.59 Å². The van der Waals surface area contributed by atoms with Gasteiger partial charge in [-0.3, -0.25) is 9.59 Å². The van der Waals surface area contributed by atoms with Crippen LogP contribution in [0.4, 0.5) is 0 Å². The third-order valence-electron chi connectivity index (χ3n) is 2.76. The van der Waals surface area contributed by atoms with E-state index in [1.54, 1.807) is 14.0 Å². The Morgan fingerprint density at radius 3 is 2.71 bits per heavy atom. The number of hydrogen-bond donors (Lipinski definition) is 0. The number of rotatable bonds is 8. The van der Waals surface area contributed by atoms with Gasteiger partial charge in [0, 0.05) is 18.1 Å². The van der Waals surface area contributed by atoms with E-state index in [1.807, 2.05) is 24.3 Å². The van der Waals surface area contributed by atoms with Crippen LogP contribution in [0.3, 0.4) is 0 Å². The molecule has 0 N–H and O–H groups in total. The number of halogens is 1. The molecule has 0 bridgehead atoms. The van der Waals surface area contributed by atoms with Gasteiger partial charge in [0.25, 0.3) is 0 Å². The van der Waals surface area contributed by atoms with Crippen molar-refractivity contribution in [1.82, 2.24) is 4.90 Å². The summed E-state index contributed by atoms with van der Waals surface area (Å²) >= 11 is 3.35. The van der Waals surface area contributed by atoms with Crippen LogP contribution in [-0.2, 0) is 14.3 Å². The number of carbonyl (C=O) groups is 2. The van der Waals surface area contributed by atoms with E-state index in [0.717, 1.165) is 4.47 Å². The minimum atomic E-state index is -0.289. The fourth-order valence-corrected chi connectivity index (χ4v) is 2.00. The molecular weight excluding hydrogens is 338 g/mol. The first kappa shape index (κ1) is 17.5. The first-order valence-electron chi connectivity index (χ1n) is 6.81. The Hall–Kier alpha value is -1.56. The zero-order chi connectivity index (χ0) is 15.7. The summed E-state index contributed by atoms with van der Waals surface area (Å²) in [6.45, 7) is 2.77. The normalized spacial score (nSPS) is 10.0. The average molecular weight is 358 g/mol. The molecule has 1 rings (SSSR count). The summed E-state index contributed by atoms with van der Waals surface area (Å²) in [7, 11) is 1.67. The smallest absolute Gasteiger partial charge is 0.307 e. The van der Waals surface area contributed by atoms with E-state index in [-0.39, 0.29) is 24.7 Å².